The predicted molar refractivity (Wildman–Crippen MR) is 84.6 cm³/mol. The van der Waals surface area contributed by atoms with Crippen LogP contribution in [0.25, 0.3) is 0 Å². The molecule has 0 aliphatic carbocycles. The molecule has 4 nitrogen and oxygen atoms in total. The fourth-order valence-corrected chi connectivity index (χ4v) is 2.02. The number of nitrogens with zero attached hydrogens (tertiary/aromatic N) is 2. The Balaban J connectivity index is 2.26. The number of anilines is 3. The Kier molecular flexibility index (Phi) is 5.09. The van der Waals surface area contributed by atoms with E-state index in [1.165, 1.54) is 6.20 Å². The van der Waals surface area contributed by atoms with Crippen molar-refractivity contribution < 1.29 is 4.39 Å². The van der Waals surface area contributed by atoms with Crippen LogP contribution in [0.3, 0.4) is 0 Å². The van der Waals surface area contributed by atoms with E-state index in [-0.39, 0.29) is 5.82 Å². The van der Waals surface area contributed by atoms with Crippen molar-refractivity contribution in [3.8, 4) is 0 Å². The lowest BCUT2D eigenvalue weighted by Crippen LogP contribution is -2.08. The molecule has 0 aliphatic heterocycles. The summed E-state index contributed by atoms with van der Waals surface area (Å²) < 4.78 is 13.9. The van der Waals surface area contributed by atoms with Crippen molar-refractivity contribution in [2.75, 3.05) is 17.2 Å². The highest BCUT2D eigenvalue weighted by Gasteiger charge is 2.11. The highest BCUT2D eigenvalue weighted by atomic mass is 19.1. The first kappa shape index (κ1) is 15.2. The largest absolute Gasteiger partial charge is 0.354 e. The summed E-state index contributed by atoms with van der Waals surface area (Å²) in [5.74, 6) is 0.506. The van der Waals surface area contributed by atoms with Gasteiger partial charge in [-0.3, -0.25) is 0 Å². The van der Waals surface area contributed by atoms with E-state index >= 15 is 0 Å². The zero-order chi connectivity index (χ0) is 15.2. The molecule has 1 aromatic heterocycles. The molecule has 2 aromatic rings. The summed E-state index contributed by atoms with van der Waals surface area (Å²) in [6.45, 7) is 7.01. The van der Waals surface area contributed by atoms with Crippen molar-refractivity contribution in [3.63, 3.8) is 0 Å². The summed E-state index contributed by atoms with van der Waals surface area (Å²) in [5, 5.41) is 6.13. The Morgan fingerprint density at radius 1 is 1.24 bits per heavy atom. The number of aromatic nitrogens is 2. The van der Waals surface area contributed by atoms with E-state index in [4.69, 9.17) is 0 Å². The third-order valence-electron chi connectivity index (χ3n) is 3.11. The zero-order valence-corrected chi connectivity index (χ0v) is 12.7. The van der Waals surface area contributed by atoms with Crippen molar-refractivity contribution in [3.05, 3.63) is 41.8 Å². The molecule has 1 aromatic carbocycles. The van der Waals surface area contributed by atoms with Crippen LogP contribution in [-0.2, 0) is 0 Å². The van der Waals surface area contributed by atoms with Gasteiger partial charge in [-0.05, 0) is 24.0 Å². The summed E-state index contributed by atoms with van der Waals surface area (Å²) in [5.41, 5.74) is 1.99. The SMILES string of the molecule is CCCNc1ncc(F)c(Nc2ccccc2C(C)C)n1. The number of benzene rings is 1. The monoisotopic (exact) mass is 288 g/mol. The average Bonchev–Trinajstić information content (AvgIpc) is 2.48. The maximum Gasteiger partial charge on any atom is 0.224 e. The van der Waals surface area contributed by atoms with Crippen LogP contribution in [-0.4, -0.2) is 16.5 Å². The second kappa shape index (κ2) is 7.02. The fourth-order valence-electron chi connectivity index (χ4n) is 2.02. The normalized spacial score (nSPS) is 10.7. The Morgan fingerprint density at radius 3 is 2.71 bits per heavy atom. The van der Waals surface area contributed by atoms with Gasteiger partial charge in [-0.15, -0.1) is 0 Å². The van der Waals surface area contributed by atoms with Crippen LogP contribution in [0.1, 0.15) is 38.7 Å². The smallest absolute Gasteiger partial charge is 0.224 e. The maximum absolute atomic E-state index is 13.9. The molecule has 1 heterocycles. The zero-order valence-electron chi connectivity index (χ0n) is 12.7. The Morgan fingerprint density at radius 2 is 2.00 bits per heavy atom. The van der Waals surface area contributed by atoms with Gasteiger partial charge in [-0.1, -0.05) is 39.0 Å². The lowest BCUT2D eigenvalue weighted by atomic mass is 10.0. The first-order chi connectivity index (χ1) is 10.1. The third-order valence-corrected chi connectivity index (χ3v) is 3.11. The Bertz CT molecular complexity index is 599. The first-order valence-electron chi connectivity index (χ1n) is 7.24. The molecule has 0 spiro atoms. The highest BCUT2D eigenvalue weighted by molar-refractivity contribution is 5.62. The van der Waals surface area contributed by atoms with Crippen LogP contribution in [0, 0.1) is 5.82 Å². The van der Waals surface area contributed by atoms with E-state index in [1.54, 1.807) is 0 Å². The van der Waals surface area contributed by atoms with Gasteiger partial charge in [0, 0.05) is 12.2 Å². The van der Waals surface area contributed by atoms with E-state index < -0.39 is 5.82 Å². The quantitative estimate of drug-likeness (QED) is 0.832. The molecule has 0 atom stereocenters. The van der Waals surface area contributed by atoms with Crippen LogP contribution in [0.4, 0.5) is 21.8 Å². The molecular formula is C16H21FN4. The standard InChI is InChI=1S/C16H21FN4/c1-4-9-18-16-19-10-13(17)15(21-16)20-14-8-6-5-7-12(14)11(2)3/h5-8,10-11H,4,9H2,1-3H3,(H2,18,19,20,21). The van der Waals surface area contributed by atoms with Crippen LogP contribution in [0.2, 0.25) is 0 Å². The Labute approximate surface area is 124 Å². The molecule has 112 valence electrons. The van der Waals surface area contributed by atoms with Gasteiger partial charge in [0.2, 0.25) is 5.95 Å². The number of hydrogen-bond acceptors (Lipinski definition) is 4. The van der Waals surface area contributed by atoms with Gasteiger partial charge in [0.05, 0.1) is 6.20 Å². The highest BCUT2D eigenvalue weighted by Crippen LogP contribution is 2.27. The molecule has 0 amide bonds. The molecule has 0 saturated carbocycles. The summed E-state index contributed by atoms with van der Waals surface area (Å²) in [7, 11) is 0. The minimum atomic E-state index is -0.462. The molecule has 5 heteroatoms. The summed E-state index contributed by atoms with van der Waals surface area (Å²) in [6, 6.07) is 7.85. The molecule has 0 bridgehead atoms. The first-order valence-corrected chi connectivity index (χ1v) is 7.24. The molecular weight excluding hydrogens is 267 g/mol. The molecule has 0 saturated heterocycles. The van der Waals surface area contributed by atoms with Gasteiger partial charge in [0.15, 0.2) is 11.6 Å². The van der Waals surface area contributed by atoms with Crippen molar-refractivity contribution >= 4 is 17.5 Å². The van der Waals surface area contributed by atoms with Crippen molar-refractivity contribution in [2.24, 2.45) is 0 Å². The fraction of sp³-hybridized carbons (Fsp3) is 0.375. The summed E-state index contributed by atoms with van der Waals surface area (Å²) in [6.07, 6.45) is 2.14. The second-order valence-electron chi connectivity index (χ2n) is 5.18. The summed E-state index contributed by atoms with van der Waals surface area (Å²) in [4.78, 5) is 8.14. The number of para-hydroxylation sites is 1. The van der Waals surface area contributed by atoms with E-state index in [2.05, 4.69) is 41.4 Å². The topological polar surface area (TPSA) is 49.8 Å². The summed E-state index contributed by atoms with van der Waals surface area (Å²) >= 11 is 0. The van der Waals surface area contributed by atoms with E-state index in [9.17, 15) is 4.39 Å². The maximum atomic E-state index is 13.9. The molecule has 0 fully saturated rings. The van der Waals surface area contributed by atoms with E-state index in [1.807, 2.05) is 24.3 Å². The molecule has 0 aliphatic rings. The van der Waals surface area contributed by atoms with Gasteiger partial charge < -0.3 is 10.6 Å². The van der Waals surface area contributed by atoms with Crippen LogP contribution >= 0.6 is 0 Å². The minimum Gasteiger partial charge on any atom is -0.354 e. The van der Waals surface area contributed by atoms with Gasteiger partial charge >= 0.3 is 0 Å². The lowest BCUT2D eigenvalue weighted by Gasteiger charge is -2.15. The minimum absolute atomic E-state index is 0.191. The van der Waals surface area contributed by atoms with Crippen molar-refractivity contribution in [1.82, 2.24) is 9.97 Å². The van der Waals surface area contributed by atoms with Gasteiger partial charge in [-0.2, -0.15) is 4.98 Å². The molecule has 21 heavy (non-hydrogen) atoms. The molecule has 0 radical (unpaired) electrons. The van der Waals surface area contributed by atoms with Gasteiger partial charge in [0.25, 0.3) is 0 Å². The van der Waals surface area contributed by atoms with Crippen LogP contribution in [0.5, 0.6) is 0 Å². The second-order valence-corrected chi connectivity index (χ2v) is 5.18. The van der Waals surface area contributed by atoms with Crippen molar-refractivity contribution in [1.29, 1.82) is 0 Å². The number of nitrogens with one attached hydrogen (secondary N) is 2. The van der Waals surface area contributed by atoms with Gasteiger partial charge in [-0.25, -0.2) is 9.37 Å². The van der Waals surface area contributed by atoms with Crippen LogP contribution < -0.4 is 10.6 Å². The van der Waals surface area contributed by atoms with Crippen LogP contribution in [0.15, 0.2) is 30.5 Å². The van der Waals surface area contributed by atoms with E-state index in [0.29, 0.717) is 11.9 Å². The molecule has 0 unspecified atom stereocenters. The van der Waals surface area contributed by atoms with Gasteiger partial charge in [0.1, 0.15) is 0 Å². The number of rotatable bonds is 6. The van der Waals surface area contributed by atoms with Crippen molar-refractivity contribution in [2.45, 2.75) is 33.1 Å². The third kappa shape index (κ3) is 3.90. The molecule has 2 rings (SSSR count). The average molecular weight is 288 g/mol. The molecule has 2 N–H and O–H groups in total. The van der Waals surface area contributed by atoms with E-state index in [0.717, 1.165) is 24.2 Å². The Hall–Kier alpha value is -2.17. The predicted octanol–water partition coefficient (Wildman–Crippen LogP) is 4.30. The number of hydrogen-bond donors (Lipinski definition) is 2. The lowest BCUT2D eigenvalue weighted by molar-refractivity contribution is 0.619. The number of halogens is 1.